The first-order chi connectivity index (χ1) is 9.99. The fourth-order valence-electron chi connectivity index (χ4n) is 2.60. The Morgan fingerprint density at radius 3 is 2.55 bits per heavy atom. The first-order valence-corrected chi connectivity index (χ1v) is 7.56. The Labute approximate surface area is 143 Å². The molecule has 0 aliphatic carbocycles. The van der Waals surface area contributed by atoms with Crippen LogP contribution in [0, 0.1) is 0 Å². The fraction of sp³-hybridized carbons (Fsp3) is 0.571. The number of ether oxygens (including phenoxy) is 1. The number of rotatable bonds is 5. The highest BCUT2D eigenvalue weighted by atomic mass is 79.9. The zero-order chi connectivity index (χ0) is 15.5. The van der Waals surface area contributed by atoms with E-state index in [0.29, 0.717) is 42.0 Å². The Bertz CT molecular complexity index is 488. The first kappa shape index (κ1) is 19.6. The van der Waals surface area contributed by atoms with Crippen LogP contribution in [0.5, 0.6) is 5.75 Å². The van der Waals surface area contributed by atoms with Gasteiger partial charge in [-0.3, -0.25) is 4.90 Å². The molecule has 8 heteroatoms. The quantitative estimate of drug-likeness (QED) is 0.795. The molecule has 1 fully saturated rings. The molecule has 0 radical (unpaired) electrons. The summed E-state index contributed by atoms with van der Waals surface area (Å²) >= 11 is 3.33. The van der Waals surface area contributed by atoms with Crippen molar-refractivity contribution in [3.8, 4) is 5.75 Å². The number of halogens is 4. The molecule has 4 nitrogen and oxygen atoms in total. The maximum absolute atomic E-state index is 14.2. The van der Waals surface area contributed by atoms with Gasteiger partial charge in [-0.1, -0.05) is 6.07 Å². The minimum Gasteiger partial charge on any atom is -0.496 e. The van der Waals surface area contributed by atoms with Gasteiger partial charge in [-0.05, 0) is 33.6 Å². The third-order valence-corrected chi connectivity index (χ3v) is 4.24. The molecule has 0 bridgehead atoms. The monoisotopic (exact) mass is 400 g/mol. The number of benzene rings is 1. The number of nitrogens with one attached hydrogen (secondary N) is 1. The Kier molecular flexibility index (Phi) is 7.48. The second-order valence-electron chi connectivity index (χ2n) is 5.00. The van der Waals surface area contributed by atoms with Crippen LogP contribution in [-0.4, -0.2) is 55.8 Å². The number of methoxy groups -OCH3 is 1. The van der Waals surface area contributed by atoms with Crippen molar-refractivity contribution in [3.63, 3.8) is 0 Å². The fourth-order valence-corrected chi connectivity index (χ4v) is 3.16. The number of aliphatic hydroxyl groups excluding tert-OH is 1. The molecule has 1 aromatic rings. The predicted octanol–water partition coefficient (Wildman–Crippen LogP) is 2.45. The summed E-state index contributed by atoms with van der Waals surface area (Å²) in [7, 11) is 1.52. The van der Waals surface area contributed by atoms with Crippen LogP contribution in [0.25, 0.3) is 0 Å². The van der Waals surface area contributed by atoms with E-state index in [1.54, 1.807) is 23.1 Å². The minimum atomic E-state index is -3.20. The highest BCUT2D eigenvalue weighted by Gasteiger charge is 2.44. The lowest BCUT2D eigenvalue weighted by molar-refractivity contribution is -0.118. The van der Waals surface area contributed by atoms with E-state index < -0.39 is 18.6 Å². The summed E-state index contributed by atoms with van der Waals surface area (Å²) in [6.07, 6.45) is 0. The van der Waals surface area contributed by atoms with Gasteiger partial charge in [-0.2, -0.15) is 0 Å². The Morgan fingerprint density at radius 2 is 2.05 bits per heavy atom. The zero-order valence-corrected chi connectivity index (χ0v) is 14.6. The highest BCUT2D eigenvalue weighted by molar-refractivity contribution is 9.10. The van der Waals surface area contributed by atoms with Gasteiger partial charge in [0.15, 0.2) is 0 Å². The van der Waals surface area contributed by atoms with Gasteiger partial charge < -0.3 is 15.2 Å². The van der Waals surface area contributed by atoms with E-state index in [9.17, 15) is 8.78 Å². The molecule has 0 amide bonds. The minimum absolute atomic E-state index is 0. The molecule has 0 saturated carbocycles. The van der Waals surface area contributed by atoms with Crippen molar-refractivity contribution < 1.29 is 18.6 Å². The molecular formula is C14H20BrClF2N2O2. The van der Waals surface area contributed by atoms with Crippen molar-refractivity contribution in [2.75, 3.05) is 39.9 Å². The summed E-state index contributed by atoms with van der Waals surface area (Å²) in [6.45, 7) is 1.18. The second-order valence-corrected chi connectivity index (χ2v) is 5.86. The van der Waals surface area contributed by atoms with Crippen LogP contribution in [0.4, 0.5) is 8.78 Å². The lowest BCUT2D eigenvalue weighted by Crippen LogP contribution is -2.51. The van der Waals surface area contributed by atoms with Gasteiger partial charge >= 0.3 is 0 Å². The highest BCUT2D eigenvalue weighted by Crippen LogP contribution is 2.39. The smallest absolute Gasteiger partial charge is 0.289 e. The van der Waals surface area contributed by atoms with Crippen molar-refractivity contribution >= 4 is 28.3 Å². The van der Waals surface area contributed by atoms with E-state index in [1.165, 1.54) is 7.11 Å². The molecule has 126 valence electrons. The number of hydrogen-bond acceptors (Lipinski definition) is 4. The van der Waals surface area contributed by atoms with Crippen LogP contribution >= 0.6 is 28.3 Å². The number of nitrogens with zero attached hydrogens (tertiary/aromatic N) is 1. The molecule has 0 unspecified atom stereocenters. The molecule has 22 heavy (non-hydrogen) atoms. The van der Waals surface area contributed by atoms with Crippen molar-refractivity contribution in [1.29, 1.82) is 0 Å². The van der Waals surface area contributed by atoms with Gasteiger partial charge in [0.25, 0.3) is 5.92 Å². The largest absolute Gasteiger partial charge is 0.496 e. The van der Waals surface area contributed by atoms with Gasteiger partial charge in [-0.15, -0.1) is 12.4 Å². The van der Waals surface area contributed by atoms with Crippen molar-refractivity contribution in [3.05, 3.63) is 28.2 Å². The SMILES string of the molecule is COc1ccc([C@H](N2CCNCC2)C(F)(F)CO)cc1Br.Cl. The maximum Gasteiger partial charge on any atom is 0.289 e. The number of alkyl halides is 2. The van der Waals surface area contributed by atoms with E-state index in [-0.39, 0.29) is 12.4 Å². The molecule has 2 N–H and O–H groups in total. The third kappa shape index (κ3) is 4.29. The zero-order valence-electron chi connectivity index (χ0n) is 12.2. The van der Waals surface area contributed by atoms with Gasteiger partial charge in [-0.25, -0.2) is 8.78 Å². The van der Waals surface area contributed by atoms with E-state index in [4.69, 9.17) is 9.84 Å². The Hall–Kier alpha value is -0.470. The summed E-state index contributed by atoms with van der Waals surface area (Å²) < 4.78 is 34.2. The molecule has 1 heterocycles. The molecule has 1 aromatic carbocycles. The molecule has 1 aliphatic rings. The van der Waals surface area contributed by atoms with Crippen LogP contribution in [0.1, 0.15) is 11.6 Å². The lowest BCUT2D eigenvalue weighted by atomic mass is 9.98. The van der Waals surface area contributed by atoms with Crippen LogP contribution in [-0.2, 0) is 0 Å². The van der Waals surface area contributed by atoms with Crippen molar-refractivity contribution in [2.24, 2.45) is 0 Å². The van der Waals surface area contributed by atoms with Crippen LogP contribution in [0.2, 0.25) is 0 Å². The van der Waals surface area contributed by atoms with E-state index >= 15 is 0 Å². The van der Waals surface area contributed by atoms with Crippen LogP contribution in [0.3, 0.4) is 0 Å². The lowest BCUT2D eigenvalue weighted by Gasteiger charge is -2.38. The van der Waals surface area contributed by atoms with Gasteiger partial charge in [0.2, 0.25) is 0 Å². The molecule has 2 rings (SSSR count). The molecule has 0 aromatic heterocycles. The summed E-state index contributed by atoms with van der Waals surface area (Å²) in [5, 5.41) is 12.2. The first-order valence-electron chi connectivity index (χ1n) is 6.76. The average molecular weight is 402 g/mol. The van der Waals surface area contributed by atoms with Crippen molar-refractivity contribution in [1.82, 2.24) is 10.2 Å². The third-order valence-electron chi connectivity index (χ3n) is 3.62. The number of piperazine rings is 1. The van der Waals surface area contributed by atoms with E-state index in [2.05, 4.69) is 21.2 Å². The summed E-state index contributed by atoms with van der Waals surface area (Å²) in [4.78, 5) is 1.71. The van der Waals surface area contributed by atoms with Gasteiger partial charge in [0, 0.05) is 26.2 Å². The Balaban J connectivity index is 0.00000242. The maximum atomic E-state index is 14.2. The molecule has 1 aliphatic heterocycles. The van der Waals surface area contributed by atoms with Crippen LogP contribution < -0.4 is 10.1 Å². The standard InChI is InChI=1S/C14H19BrF2N2O2.ClH/c1-21-12-3-2-10(8-11(12)15)13(14(16,17)9-20)19-6-4-18-5-7-19;/h2-3,8,13,18,20H,4-7,9H2,1H3;1H/t13-;/m0./s1. The molecular weight excluding hydrogens is 382 g/mol. The number of aliphatic hydroxyl groups is 1. The Morgan fingerprint density at radius 1 is 1.41 bits per heavy atom. The van der Waals surface area contributed by atoms with E-state index in [1.807, 2.05) is 0 Å². The molecule has 1 saturated heterocycles. The van der Waals surface area contributed by atoms with Gasteiger partial charge in [0.05, 0.1) is 11.6 Å². The second kappa shape index (κ2) is 8.40. The normalized spacial score (nSPS) is 17.7. The summed E-state index contributed by atoms with van der Waals surface area (Å²) in [5.74, 6) is -2.61. The summed E-state index contributed by atoms with van der Waals surface area (Å²) in [5.41, 5.74) is 0.462. The van der Waals surface area contributed by atoms with Crippen molar-refractivity contribution in [2.45, 2.75) is 12.0 Å². The average Bonchev–Trinajstić information content (AvgIpc) is 2.48. The van der Waals surface area contributed by atoms with Crippen LogP contribution in [0.15, 0.2) is 22.7 Å². The topological polar surface area (TPSA) is 44.7 Å². The number of hydrogen-bond donors (Lipinski definition) is 2. The van der Waals surface area contributed by atoms with Gasteiger partial charge in [0.1, 0.15) is 18.4 Å². The van der Waals surface area contributed by atoms with E-state index in [0.717, 1.165) is 0 Å². The summed E-state index contributed by atoms with van der Waals surface area (Å²) in [6, 6.07) is 3.77. The predicted molar refractivity (Wildman–Crippen MR) is 87.2 cm³/mol. The molecule has 1 atom stereocenters. The molecule has 0 spiro atoms.